The van der Waals surface area contributed by atoms with Crippen LogP contribution >= 0.6 is 15.9 Å². The summed E-state index contributed by atoms with van der Waals surface area (Å²) >= 11 is 3.76. The molecule has 0 aromatic rings. The first-order valence-corrected chi connectivity index (χ1v) is 5.11. The van der Waals surface area contributed by atoms with Gasteiger partial charge >= 0.3 is 0 Å². The fourth-order valence-corrected chi connectivity index (χ4v) is 1.94. The molecule has 0 unspecified atom stereocenters. The van der Waals surface area contributed by atoms with Crippen molar-refractivity contribution in [1.29, 1.82) is 0 Å². The normalized spacial score (nSPS) is 24.8. The van der Waals surface area contributed by atoms with Crippen molar-refractivity contribution in [2.45, 2.75) is 44.0 Å². The number of alkyl halides is 1. The first kappa shape index (κ1) is 9.53. The summed E-state index contributed by atoms with van der Waals surface area (Å²) in [4.78, 5) is 2.51. The standard InChI is InChI=1S/C9H18BrN/c1-5-9(10)6-11(7-9)8(2,3)4/h5-7H2,1-4H3. The Labute approximate surface area is 78.3 Å². The Hall–Kier alpha value is 0.440. The molecule has 1 saturated heterocycles. The van der Waals surface area contributed by atoms with Gasteiger partial charge in [0, 0.05) is 18.6 Å². The van der Waals surface area contributed by atoms with Gasteiger partial charge in [-0.25, -0.2) is 0 Å². The summed E-state index contributed by atoms with van der Waals surface area (Å²) in [7, 11) is 0. The van der Waals surface area contributed by atoms with E-state index in [2.05, 4.69) is 48.5 Å². The molecule has 1 nitrogen and oxygen atoms in total. The Morgan fingerprint density at radius 3 is 2.09 bits per heavy atom. The Morgan fingerprint density at radius 2 is 1.82 bits per heavy atom. The summed E-state index contributed by atoms with van der Waals surface area (Å²) in [5.74, 6) is 0. The number of nitrogens with zero attached hydrogens (tertiary/aromatic N) is 1. The van der Waals surface area contributed by atoms with Gasteiger partial charge in [-0.2, -0.15) is 0 Å². The molecule has 0 saturated carbocycles. The van der Waals surface area contributed by atoms with Crippen LogP contribution in [0.3, 0.4) is 0 Å². The van der Waals surface area contributed by atoms with Crippen molar-refractivity contribution in [1.82, 2.24) is 4.90 Å². The van der Waals surface area contributed by atoms with Gasteiger partial charge in [0.05, 0.1) is 4.32 Å². The molecule has 1 fully saturated rings. The van der Waals surface area contributed by atoms with Gasteiger partial charge in [-0.1, -0.05) is 22.9 Å². The molecule has 0 spiro atoms. The lowest BCUT2D eigenvalue weighted by molar-refractivity contribution is 0.0347. The fourth-order valence-electron chi connectivity index (χ4n) is 1.34. The van der Waals surface area contributed by atoms with Crippen molar-refractivity contribution in [3.05, 3.63) is 0 Å². The van der Waals surface area contributed by atoms with Crippen molar-refractivity contribution in [2.24, 2.45) is 0 Å². The fraction of sp³-hybridized carbons (Fsp3) is 1.00. The first-order chi connectivity index (χ1) is 4.87. The molecule has 0 N–H and O–H groups in total. The minimum absolute atomic E-state index is 0.354. The summed E-state index contributed by atoms with van der Waals surface area (Å²) in [5.41, 5.74) is 0.354. The van der Waals surface area contributed by atoms with Crippen LogP contribution in [0, 0.1) is 0 Å². The second kappa shape index (κ2) is 2.74. The van der Waals surface area contributed by atoms with Crippen LogP contribution in [0.5, 0.6) is 0 Å². The van der Waals surface area contributed by atoms with Gasteiger partial charge in [0.2, 0.25) is 0 Å². The van der Waals surface area contributed by atoms with Crippen molar-refractivity contribution >= 4 is 15.9 Å². The summed E-state index contributed by atoms with van der Waals surface area (Å²) < 4.78 is 0.431. The number of likely N-dealkylation sites (tertiary alicyclic amines) is 1. The molecule has 0 atom stereocenters. The highest BCUT2D eigenvalue weighted by Crippen LogP contribution is 2.37. The number of halogens is 1. The monoisotopic (exact) mass is 219 g/mol. The molecule has 0 aromatic carbocycles. The maximum atomic E-state index is 3.76. The molecule has 0 amide bonds. The number of rotatable bonds is 1. The van der Waals surface area contributed by atoms with E-state index in [0.717, 1.165) is 0 Å². The highest BCUT2D eigenvalue weighted by Gasteiger charge is 2.43. The van der Waals surface area contributed by atoms with Crippen LogP contribution in [0.2, 0.25) is 0 Å². The van der Waals surface area contributed by atoms with E-state index in [1.54, 1.807) is 0 Å². The van der Waals surface area contributed by atoms with E-state index in [4.69, 9.17) is 0 Å². The molecule has 1 aliphatic heterocycles. The van der Waals surface area contributed by atoms with Gasteiger partial charge in [0.1, 0.15) is 0 Å². The zero-order valence-corrected chi connectivity index (χ0v) is 9.53. The number of hydrogen-bond donors (Lipinski definition) is 0. The molecule has 0 aliphatic carbocycles. The molecule has 2 heteroatoms. The van der Waals surface area contributed by atoms with Crippen molar-refractivity contribution in [3.8, 4) is 0 Å². The predicted octanol–water partition coefficient (Wildman–Crippen LogP) is 2.64. The average Bonchev–Trinajstić information content (AvgIpc) is 1.78. The van der Waals surface area contributed by atoms with Crippen molar-refractivity contribution in [3.63, 3.8) is 0 Å². The zero-order valence-electron chi connectivity index (χ0n) is 7.95. The second-order valence-electron chi connectivity index (χ2n) is 4.53. The van der Waals surface area contributed by atoms with E-state index in [-0.39, 0.29) is 0 Å². The Morgan fingerprint density at radius 1 is 1.36 bits per heavy atom. The minimum atomic E-state index is 0.354. The van der Waals surface area contributed by atoms with Gasteiger partial charge < -0.3 is 0 Å². The minimum Gasteiger partial charge on any atom is -0.296 e. The smallest absolute Gasteiger partial charge is 0.0509 e. The van der Waals surface area contributed by atoms with Crippen LogP contribution in [-0.2, 0) is 0 Å². The van der Waals surface area contributed by atoms with Crippen LogP contribution in [0.25, 0.3) is 0 Å². The van der Waals surface area contributed by atoms with E-state index in [1.807, 2.05) is 0 Å². The molecule has 0 radical (unpaired) electrons. The Balaban J connectivity index is 2.40. The van der Waals surface area contributed by atoms with Gasteiger partial charge in [-0.3, -0.25) is 4.90 Å². The summed E-state index contributed by atoms with van der Waals surface area (Å²) in [6.07, 6.45) is 1.24. The van der Waals surface area contributed by atoms with E-state index in [1.165, 1.54) is 19.5 Å². The lowest BCUT2D eigenvalue weighted by atomic mass is 9.90. The van der Waals surface area contributed by atoms with Gasteiger partial charge in [0.25, 0.3) is 0 Å². The maximum absolute atomic E-state index is 3.76. The summed E-state index contributed by atoms with van der Waals surface area (Å²) in [6, 6.07) is 0. The van der Waals surface area contributed by atoms with E-state index >= 15 is 0 Å². The summed E-state index contributed by atoms with van der Waals surface area (Å²) in [6.45, 7) is 11.5. The molecular formula is C9H18BrN. The molecule has 1 rings (SSSR count). The van der Waals surface area contributed by atoms with Gasteiger partial charge in [-0.15, -0.1) is 0 Å². The highest BCUT2D eigenvalue weighted by molar-refractivity contribution is 9.10. The zero-order chi connectivity index (χ0) is 8.70. The van der Waals surface area contributed by atoms with Crippen LogP contribution in [0.1, 0.15) is 34.1 Å². The van der Waals surface area contributed by atoms with Crippen molar-refractivity contribution in [2.75, 3.05) is 13.1 Å². The van der Waals surface area contributed by atoms with E-state index < -0.39 is 0 Å². The SMILES string of the molecule is CCC1(Br)CN(C(C)(C)C)C1. The molecule has 0 bridgehead atoms. The lowest BCUT2D eigenvalue weighted by Gasteiger charge is -2.52. The largest absolute Gasteiger partial charge is 0.296 e. The molecule has 1 aliphatic rings. The molecular weight excluding hydrogens is 202 g/mol. The molecule has 0 aromatic heterocycles. The van der Waals surface area contributed by atoms with E-state index in [0.29, 0.717) is 9.86 Å². The Bertz CT molecular complexity index is 142. The summed E-state index contributed by atoms with van der Waals surface area (Å²) in [5, 5.41) is 0. The molecule has 11 heavy (non-hydrogen) atoms. The Kier molecular flexibility index (Phi) is 2.37. The first-order valence-electron chi connectivity index (χ1n) is 4.31. The topological polar surface area (TPSA) is 3.24 Å². The van der Waals surface area contributed by atoms with Gasteiger partial charge in [-0.05, 0) is 27.2 Å². The predicted molar refractivity (Wildman–Crippen MR) is 53.3 cm³/mol. The van der Waals surface area contributed by atoms with Crippen LogP contribution in [0.4, 0.5) is 0 Å². The number of hydrogen-bond acceptors (Lipinski definition) is 1. The highest BCUT2D eigenvalue weighted by atomic mass is 79.9. The average molecular weight is 220 g/mol. The third kappa shape index (κ3) is 1.97. The van der Waals surface area contributed by atoms with Crippen LogP contribution < -0.4 is 0 Å². The second-order valence-corrected chi connectivity index (χ2v) is 6.21. The van der Waals surface area contributed by atoms with Gasteiger partial charge in [0.15, 0.2) is 0 Å². The van der Waals surface area contributed by atoms with Crippen LogP contribution in [0.15, 0.2) is 0 Å². The maximum Gasteiger partial charge on any atom is 0.0509 e. The molecule has 66 valence electrons. The quantitative estimate of drug-likeness (QED) is 0.614. The third-order valence-corrected chi connectivity index (χ3v) is 3.59. The molecule has 1 heterocycles. The van der Waals surface area contributed by atoms with Crippen LogP contribution in [-0.4, -0.2) is 27.9 Å². The third-order valence-electron chi connectivity index (χ3n) is 2.53. The van der Waals surface area contributed by atoms with Crippen molar-refractivity contribution < 1.29 is 0 Å². The van der Waals surface area contributed by atoms with E-state index in [9.17, 15) is 0 Å². The lowest BCUT2D eigenvalue weighted by Crippen LogP contribution is -2.63.